The smallest absolute Gasteiger partial charge is 0.285 e. The summed E-state index contributed by atoms with van der Waals surface area (Å²) in [4.78, 5) is 14.3. The molecule has 0 aromatic heterocycles. The number of sulfonamides is 1. The van der Waals surface area contributed by atoms with E-state index in [4.69, 9.17) is 0 Å². The van der Waals surface area contributed by atoms with Gasteiger partial charge in [0.15, 0.2) is 0 Å². The van der Waals surface area contributed by atoms with Crippen LogP contribution in [-0.4, -0.2) is 26.7 Å². The Labute approximate surface area is 139 Å². The molecule has 2 aromatic rings. The Kier molecular flexibility index (Phi) is 3.38. The lowest BCUT2D eigenvalue weighted by molar-refractivity contribution is 0.102. The van der Waals surface area contributed by atoms with Gasteiger partial charge in [0, 0.05) is 17.3 Å². The van der Waals surface area contributed by atoms with Gasteiger partial charge in [-0.25, -0.2) is 0 Å². The molecule has 7 heteroatoms. The van der Waals surface area contributed by atoms with Gasteiger partial charge >= 0.3 is 0 Å². The molecule has 1 aliphatic heterocycles. The van der Waals surface area contributed by atoms with E-state index in [0.717, 1.165) is 12.8 Å². The molecule has 2 aromatic carbocycles. The van der Waals surface area contributed by atoms with Crippen LogP contribution in [0, 0.1) is 0 Å². The summed E-state index contributed by atoms with van der Waals surface area (Å²) in [7, 11) is -3.76. The van der Waals surface area contributed by atoms with Crippen molar-refractivity contribution in [1.29, 1.82) is 0 Å². The number of nitrogens with zero attached hydrogens (tertiary/aromatic N) is 2. The van der Waals surface area contributed by atoms with Crippen molar-refractivity contribution in [2.75, 3.05) is 10.2 Å². The van der Waals surface area contributed by atoms with E-state index in [1.807, 2.05) is 23.1 Å². The maximum absolute atomic E-state index is 12.4. The molecule has 0 spiro atoms. The molecule has 0 bridgehead atoms. The summed E-state index contributed by atoms with van der Waals surface area (Å²) >= 11 is 0. The van der Waals surface area contributed by atoms with Gasteiger partial charge in [-0.15, -0.1) is 4.40 Å². The second-order valence-electron chi connectivity index (χ2n) is 5.84. The number of hydrogen-bond donors (Lipinski definition) is 1. The highest BCUT2D eigenvalue weighted by Crippen LogP contribution is 2.37. The maximum atomic E-state index is 12.4. The number of anilines is 2. The van der Waals surface area contributed by atoms with Crippen LogP contribution in [0.4, 0.5) is 11.4 Å². The first-order valence-corrected chi connectivity index (χ1v) is 9.08. The third-order valence-corrected chi connectivity index (χ3v) is 5.31. The number of hydrogen-bond acceptors (Lipinski definition) is 4. The van der Waals surface area contributed by atoms with Crippen molar-refractivity contribution in [3.05, 3.63) is 54.1 Å². The first-order chi connectivity index (χ1) is 11.5. The predicted molar refractivity (Wildman–Crippen MR) is 92.0 cm³/mol. The first-order valence-electron chi connectivity index (χ1n) is 7.64. The Balaban J connectivity index is 1.69. The number of nitrogens with one attached hydrogen (secondary N) is 1. The van der Waals surface area contributed by atoms with Gasteiger partial charge in [0.1, 0.15) is 11.2 Å². The Morgan fingerprint density at radius 3 is 2.58 bits per heavy atom. The summed E-state index contributed by atoms with van der Waals surface area (Å²) < 4.78 is 28.1. The predicted octanol–water partition coefficient (Wildman–Crippen LogP) is 2.64. The topological polar surface area (TPSA) is 78.8 Å². The quantitative estimate of drug-likeness (QED) is 0.931. The zero-order valence-electron chi connectivity index (χ0n) is 12.7. The molecule has 24 heavy (non-hydrogen) atoms. The molecule has 1 heterocycles. The monoisotopic (exact) mass is 341 g/mol. The summed E-state index contributed by atoms with van der Waals surface area (Å²) in [5, 5.41) is 2.75. The minimum Gasteiger partial charge on any atom is -0.327 e. The van der Waals surface area contributed by atoms with Crippen LogP contribution in [0.15, 0.2) is 57.8 Å². The molecule has 0 atom stereocenters. The lowest BCUT2D eigenvalue weighted by Crippen LogP contribution is -2.29. The van der Waals surface area contributed by atoms with Crippen molar-refractivity contribution in [1.82, 2.24) is 0 Å². The van der Waals surface area contributed by atoms with Gasteiger partial charge in [-0.1, -0.05) is 18.2 Å². The molecule has 0 unspecified atom stereocenters. The molecular formula is C17H15N3O3S. The molecule has 1 amide bonds. The van der Waals surface area contributed by atoms with Crippen molar-refractivity contribution in [2.45, 2.75) is 23.8 Å². The van der Waals surface area contributed by atoms with E-state index >= 15 is 0 Å². The third-order valence-electron chi connectivity index (χ3n) is 4.06. The second kappa shape index (κ2) is 5.45. The van der Waals surface area contributed by atoms with Crippen molar-refractivity contribution < 1.29 is 13.2 Å². The number of carbonyl (C=O) groups excluding carboxylic acids is 1. The molecule has 1 aliphatic carbocycles. The molecule has 0 radical (unpaired) electrons. The Morgan fingerprint density at radius 1 is 1.12 bits per heavy atom. The van der Waals surface area contributed by atoms with Crippen molar-refractivity contribution in [3.63, 3.8) is 0 Å². The Morgan fingerprint density at radius 2 is 1.88 bits per heavy atom. The fourth-order valence-corrected chi connectivity index (χ4v) is 3.73. The first kappa shape index (κ1) is 14.9. The third kappa shape index (κ3) is 2.67. The molecule has 4 rings (SSSR count). The van der Waals surface area contributed by atoms with Gasteiger partial charge in [-0.3, -0.25) is 4.79 Å². The van der Waals surface area contributed by atoms with E-state index in [0.29, 0.717) is 17.4 Å². The van der Waals surface area contributed by atoms with Crippen LogP contribution in [-0.2, 0) is 10.0 Å². The lowest BCUT2D eigenvalue weighted by atomic mass is 10.1. The van der Waals surface area contributed by atoms with Crippen LogP contribution in [0.3, 0.4) is 0 Å². The van der Waals surface area contributed by atoms with Gasteiger partial charge in [-0.2, -0.15) is 8.42 Å². The molecule has 1 saturated carbocycles. The van der Waals surface area contributed by atoms with E-state index in [9.17, 15) is 13.2 Å². The van der Waals surface area contributed by atoms with Crippen LogP contribution in [0.2, 0.25) is 0 Å². The number of rotatable bonds is 3. The van der Waals surface area contributed by atoms with E-state index in [-0.39, 0.29) is 16.4 Å². The van der Waals surface area contributed by atoms with Crippen LogP contribution in [0.25, 0.3) is 0 Å². The Hall–Kier alpha value is -2.67. The van der Waals surface area contributed by atoms with Crippen LogP contribution < -0.4 is 10.2 Å². The number of para-hydroxylation sites is 1. The highest BCUT2D eigenvalue weighted by molar-refractivity contribution is 7.90. The number of benzene rings is 2. The second-order valence-corrected chi connectivity index (χ2v) is 7.44. The Bertz CT molecular complexity index is 935. The number of amides is 1. The van der Waals surface area contributed by atoms with E-state index in [1.54, 1.807) is 24.3 Å². The van der Waals surface area contributed by atoms with Crippen LogP contribution in [0.5, 0.6) is 0 Å². The minimum atomic E-state index is -3.76. The largest absolute Gasteiger partial charge is 0.327 e. The maximum Gasteiger partial charge on any atom is 0.285 e. The molecule has 0 saturated heterocycles. The average molecular weight is 341 g/mol. The highest BCUT2D eigenvalue weighted by Gasteiger charge is 2.35. The van der Waals surface area contributed by atoms with E-state index in [1.165, 1.54) is 12.4 Å². The van der Waals surface area contributed by atoms with Crippen LogP contribution >= 0.6 is 0 Å². The fourth-order valence-electron chi connectivity index (χ4n) is 2.68. The number of fused-ring (bicyclic) bond motifs is 1. The standard InChI is InChI=1S/C17H15N3O3S/c21-17(19-13-4-2-1-3-5-13)12-6-9-15-16(10-12)24(22,23)18-11-20(15)14-7-8-14/h1-6,9-11,14H,7-8H2,(H,19,21). The van der Waals surface area contributed by atoms with Crippen molar-refractivity contribution in [2.24, 2.45) is 4.40 Å². The minimum absolute atomic E-state index is 0.0811. The van der Waals surface area contributed by atoms with E-state index < -0.39 is 10.0 Å². The molecular weight excluding hydrogens is 326 g/mol. The van der Waals surface area contributed by atoms with Crippen LogP contribution in [0.1, 0.15) is 23.2 Å². The lowest BCUT2D eigenvalue weighted by Gasteiger charge is -2.25. The van der Waals surface area contributed by atoms with Crippen molar-refractivity contribution >= 4 is 33.6 Å². The zero-order valence-corrected chi connectivity index (χ0v) is 13.5. The zero-order chi connectivity index (χ0) is 16.7. The summed E-state index contributed by atoms with van der Waals surface area (Å²) in [6, 6.07) is 14.0. The molecule has 1 fully saturated rings. The molecule has 6 nitrogen and oxygen atoms in total. The fraction of sp³-hybridized carbons (Fsp3) is 0.176. The van der Waals surface area contributed by atoms with Crippen molar-refractivity contribution in [3.8, 4) is 0 Å². The summed E-state index contributed by atoms with van der Waals surface area (Å²) in [6.07, 6.45) is 3.41. The molecule has 1 N–H and O–H groups in total. The summed E-state index contributed by atoms with van der Waals surface area (Å²) in [6.45, 7) is 0. The van der Waals surface area contributed by atoms with Gasteiger partial charge in [0.2, 0.25) is 0 Å². The van der Waals surface area contributed by atoms with Gasteiger partial charge < -0.3 is 10.2 Å². The SMILES string of the molecule is O=C(Nc1ccccc1)c1ccc2c(c1)S(=O)(=O)N=CN2C1CC1. The molecule has 2 aliphatic rings. The van der Waals surface area contributed by atoms with Gasteiger partial charge in [-0.05, 0) is 43.2 Å². The normalized spacial score (nSPS) is 18.1. The van der Waals surface area contributed by atoms with Gasteiger partial charge in [0.25, 0.3) is 15.9 Å². The number of carbonyl (C=O) groups is 1. The highest BCUT2D eigenvalue weighted by atomic mass is 32.2. The molecule has 122 valence electrons. The van der Waals surface area contributed by atoms with Gasteiger partial charge in [0.05, 0.1) is 5.69 Å². The van der Waals surface area contributed by atoms with E-state index in [2.05, 4.69) is 9.71 Å². The average Bonchev–Trinajstić information content (AvgIpc) is 3.40. The summed E-state index contributed by atoms with van der Waals surface area (Å²) in [5.74, 6) is -0.355. The summed E-state index contributed by atoms with van der Waals surface area (Å²) in [5.41, 5.74) is 1.53.